The highest BCUT2D eigenvalue weighted by molar-refractivity contribution is 8.76. The van der Waals surface area contributed by atoms with Gasteiger partial charge in [0.05, 0.1) is 12.2 Å². The Morgan fingerprint density at radius 3 is 2.22 bits per heavy atom. The second kappa shape index (κ2) is 9.88. The van der Waals surface area contributed by atoms with Gasteiger partial charge in [0.1, 0.15) is 0 Å². The third kappa shape index (κ3) is 5.51. The first-order valence-corrected chi connectivity index (χ1v) is 11.7. The summed E-state index contributed by atoms with van der Waals surface area (Å²) >= 11 is 0. The minimum Gasteiger partial charge on any atom is -0.391 e. The molecule has 2 fully saturated rings. The van der Waals surface area contributed by atoms with Crippen LogP contribution in [0.4, 0.5) is 0 Å². The van der Waals surface area contributed by atoms with Gasteiger partial charge in [0.15, 0.2) is 0 Å². The highest BCUT2D eigenvalue weighted by atomic mass is 33.1. The smallest absolute Gasteiger partial charge is 0.0730 e. The van der Waals surface area contributed by atoms with Gasteiger partial charge in [-0.3, -0.25) is 0 Å². The maximum atomic E-state index is 10.5. The van der Waals surface area contributed by atoms with Crippen molar-refractivity contribution in [1.82, 2.24) is 10.6 Å². The van der Waals surface area contributed by atoms with Crippen molar-refractivity contribution < 1.29 is 10.2 Å². The summed E-state index contributed by atoms with van der Waals surface area (Å²) < 4.78 is 0. The molecule has 6 heteroatoms. The molecule has 23 heavy (non-hydrogen) atoms. The Kier molecular flexibility index (Phi) is 8.53. The maximum Gasteiger partial charge on any atom is 0.0730 e. The van der Waals surface area contributed by atoms with Crippen LogP contribution in [0.5, 0.6) is 0 Å². The number of nitrogens with one attached hydrogen (secondary N) is 2. The third-order valence-corrected chi connectivity index (χ3v) is 8.01. The van der Waals surface area contributed by atoms with Crippen molar-refractivity contribution in [2.45, 2.75) is 76.8 Å². The number of hydrogen-bond acceptors (Lipinski definition) is 6. The summed E-state index contributed by atoms with van der Waals surface area (Å²) in [5, 5.41) is 27.8. The van der Waals surface area contributed by atoms with E-state index in [1.54, 1.807) is 0 Å². The fraction of sp³-hybridized carbons (Fsp3) is 1.00. The molecule has 0 saturated carbocycles. The number of hydrogen-bond donors (Lipinski definition) is 4. The number of aliphatic hydroxyl groups is 2. The van der Waals surface area contributed by atoms with Gasteiger partial charge in [0, 0.05) is 29.6 Å². The van der Waals surface area contributed by atoms with Crippen LogP contribution in [0.3, 0.4) is 0 Å². The maximum absolute atomic E-state index is 10.5. The summed E-state index contributed by atoms with van der Waals surface area (Å²) in [5.41, 5.74) is 0. The fourth-order valence-electron chi connectivity index (χ4n) is 3.89. The molecule has 0 amide bonds. The second-order valence-electron chi connectivity index (χ2n) is 7.15. The van der Waals surface area contributed by atoms with Gasteiger partial charge in [-0.15, -0.1) is 0 Å². The van der Waals surface area contributed by atoms with E-state index >= 15 is 0 Å². The van der Waals surface area contributed by atoms with Gasteiger partial charge in [-0.25, -0.2) is 0 Å². The van der Waals surface area contributed by atoms with E-state index in [-0.39, 0.29) is 24.3 Å². The molecule has 0 aromatic carbocycles. The first-order valence-electron chi connectivity index (χ1n) is 9.16. The summed E-state index contributed by atoms with van der Waals surface area (Å²) in [6.45, 7) is 7.51. The Labute approximate surface area is 149 Å². The van der Waals surface area contributed by atoms with E-state index in [0.717, 1.165) is 43.7 Å². The van der Waals surface area contributed by atoms with Crippen LogP contribution in [0.15, 0.2) is 0 Å². The van der Waals surface area contributed by atoms with Crippen LogP contribution in [0.25, 0.3) is 0 Å². The molecule has 0 spiro atoms. The molecule has 2 rings (SSSR count). The van der Waals surface area contributed by atoms with Crippen molar-refractivity contribution in [3.63, 3.8) is 0 Å². The molecule has 136 valence electrons. The van der Waals surface area contributed by atoms with Crippen molar-refractivity contribution in [2.24, 2.45) is 11.8 Å². The minimum absolute atomic E-state index is 0.212. The van der Waals surface area contributed by atoms with Crippen molar-refractivity contribution in [3.05, 3.63) is 0 Å². The number of aliphatic hydroxyl groups excluding tert-OH is 2. The lowest BCUT2D eigenvalue weighted by Gasteiger charge is -2.39. The summed E-state index contributed by atoms with van der Waals surface area (Å²) in [5.74, 6) is 2.80. The van der Waals surface area contributed by atoms with Gasteiger partial charge in [-0.2, -0.15) is 0 Å². The summed E-state index contributed by atoms with van der Waals surface area (Å²) in [4.78, 5) is 0. The van der Waals surface area contributed by atoms with Crippen molar-refractivity contribution in [3.8, 4) is 0 Å². The van der Waals surface area contributed by atoms with Crippen molar-refractivity contribution >= 4 is 21.6 Å². The molecule has 0 radical (unpaired) electrons. The highest BCUT2D eigenvalue weighted by Crippen LogP contribution is 2.34. The van der Waals surface area contributed by atoms with Gasteiger partial charge in [0.25, 0.3) is 0 Å². The number of rotatable bonds is 7. The quantitative estimate of drug-likeness (QED) is 0.412. The largest absolute Gasteiger partial charge is 0.391 e. The Balaban J connectivity index is 1.70. The van der Waals surface area contributed by atoms with Gasteiger partial charge >= 0.3 is 0 Å². The molecule has 4 nitrogen and oxygen atoms in total. The van der Waals surface area contributed by atoms with E-state index < -0.39 is 0 Å². The fourth-order valence-corrected chi connectivity index (χ4v) is 6.76. The molecule has 0 aliphatic carbocycles. The number of piperidine rings is 2. The van der Waals surface area contributed by atoms with E-state index in [0.29, 0.717) is 17.9 Å². The van der Waals surface area contributed by atoms with Gasteiger partial charge in [0.2, 0.25) is 0 Å². The standard InChI is InChI=1S/C17H34N2O2S2/c1-4-14-16(20)12(6-7-18-14)9-22-23-10-13-8-11(3)19-15(5-2)17(13)21/h11-21H,4-10H2,1-3H3. The van der Waals surface area contributed by atoms with Crippen LogP contribution in [0, 0.1) is 11.8 Å². The van der Waals surface area contributed by atoms with E-state index in [4.69, 9.17) is 0 Å². The first-order chi connectivity index (χ1) is 11.1. The zero-order valence-electron chi connectivity index (χ0n) is 14.7. The Hall–Kier alpha value is 0.540. The summed E-state index contributed by atoms with van der Waals surface area (Å²) in [7, 11) is 3.76. The molecular formula is C17H34N2O2S2. The van der Waals surface area contributed by atoms with Crippen LogP contribution in [0.1, 0.15) is 46.5 Å². The van der Waals surface area contributed by atoms with Crippen molar-refractivity contribution in [2.75, 3.05) is 18.1 Å². The normalized spacial score (nSPS) is 41.9. The summed E-state index contributed by atoms with van der Waals surface area (Å²) in [6, 6.07) is 0.998. The van der Waals surface area contributed by atoms with Crippen molar-refractivity contribution in [1.29, 1.82) is 0 Å². The lowest BCUT2D eigenvalue weighted by atomic mass is 9.86. The SMILES string of the molecule is CCC1NCCC(CSSCC2CC(C)NC(CC)C2O)C1O. The predicted molar refractivity (Wildman–Crippen MR) is 102 cm³/mol. The second-order valence-corrected chi connectivity index (χ2v) is 9.70. The van der Waals surface area contributed by atoms with E-state index in [9.17, 15) is 10.2 Å². The molecule has 7 atom stereocenters. The molecule has 0 aromatic rings. The van der Waals surface area contributed by atoms with E-state index in [1.165, 1.54) is 0 Å². The molecule has 4 N–H and O–H groups in total. The molecule has 2 aliphatic heterocycles. The Morgan fingerprint density at radius 2 is 1.57 bits per heavy atom. The van der Waals surface area contributed by atoms with E-state index in [1.807, 2.05) is 21.6 Å². The van der Waals surface area contributed by atoms with Gasteiger partial charge in [-0.1, -0.05) is 35.4 Å². The third-order valence-electron chi connectivity index (χ3n) is 5.39. The van der Waals surface area contributed by atoms with Gasteiger partial charge in [-0.05, 0) is 51.0 Å². The van der Waals surface area contributed by atoms with Crippen LogP contribution < -0.4 is 10.6 Å². The zero-order chi connectivity index (χ0) is 16.8. The lowest BCUT2D eigenvalue weighted by molar-refractivity contribution is 0.0369. The zero-order valence-corrected chi connectivity index (χ0v) is 16.3. The van der Waals surface area contributed by atoms with Crippen LogP contribution >= 0.6 is 21.6 Å². The lowest BCUT2D eigenvalue weighted by Crippen LogP contribution is -2.54. The van der Waals surface area contributed by atoms with Crippen LogP contribution in [0.2, 0.25) is 0 Å². The van der Waals surface area contributed by atoms with Crippen LogP contribution in [-0.2, 0) is 0 Å². The summed E-state index contributed by atoms with van der Waals surface area (Å²) in [6.07, 6.45) is 3.66. The average molecular weight is 363 g/mol. The highest BCUT2D eigenvalue weighted by Gasteiger charge is 2.34. The van der Waals surface area contributed by atoms with Gasteiger partial charge < -0.3 is 20.8 Å². The Morgan fingerprint density at radius 1 is 0.957 bits per heavy atom. The van der Waals surface area contributed by atoms with E-state index in [2.05, 4.69) is 31.4 Å². The predicted octanol–water partition coefficient (Wildman–Crippen LogP) is 2.25. The first kappa shape index (κ1) is 19.9. The molecule has 7 unspecified atom stereocenters. The monoisotopic (exact) mass is 362 g/mol. The Bertz CT molecular complexity index is 349. The molecule has 2 heterocycles. The minimum atomic E-state index is -0.224. The molecular weight excluding hydrogens is 328 g/mol. The molecule has 2 saturated heterocycles. The molecule has 0 bridgehead atoms. The van der Waals surface area contributed by atoms with Crippen LogP contribution in [-0.4, -0.2) is 58.6 Å². The molecule has 2 aliphatic rings. The molecule has 0 aromatic heterocycles. The topological polar surface area (TPSA) is 64.5 Å². The average Bonchev–Trinajstić information content (AvgIpc) is 2.55.